The van der Waals surface area contributed by atoms with Crippen molar-refractivity contribution in [2.75, 3.05) is 39.6 Å². The van der Waals surface area contributed by atoms with E-state index >= 15 is 0 Å². The molecule has 1 aromatic carbocycles. The molecule has 1 aromatic rings. The van der Waals surface area contributed by atoms with Crippen LogP contribution in [-0.2, 0) is 25.6 Å². The first-order chi connectivity index (χ1) is 16.8. The van der Waals surface area contributed by atoms with E-state index in [0.29, 0.717) is 17.8 Å². The van der Waals surface area contributed by atoms with Crippen LogP contribution in [0.25, 0.3) is 0 Å². The number of nitrogens with zero attached hydrogens (tertiary/aromatic N) is 2. The normalized spacial score (nSPS) is 29.2. The van der Waals surface area contributed by atoms with E-state index in [9.17, 15) is 34.2 Å². The molecule has 4 rings (SSSR count). The van der Waals surface area contributed by atoms with Gasteiger partial charge in [0, 0.05) is 32.1 Å². The molecule has 3 aliphatic carbocycles. The van der Waals surface area contributed by atoms with Crippen LogP contribution in [0.3, 0.4) is 0 Å². The highest BCUT2D eigenvalue weighted by molar-refractivity contribution is 6.31. The minimum atomic E-state index is -2.66. The predicted molar refractivity (Wildman–Crippen MR) is 128 cm³/mol. The summed E-state index contributed by atoms with van der Waals surface area (Å²) in [7, 11) is 7.25. The van der Waals surface area contributed by atoms with E-state index in [4.69, 9.17) is 5.73 Å². The van der Waals surface area contributed by atoms with E-state index in [1.54, 1.807) is 25.1 Å². The minimum Gasteiger partial charge on any atom is -0.506 e. The number of phenolic OH excluding ortho intramolecular Hbond substituents is 1. The van der Waals surface area contributed by atoms with E-state index in [1.165, 1.54) is 0 Å². The molecule has 190 valence electrons. The third-order valence-electron chi connectivity index (χ3n) is 7.48. The van der Waals surface area contributed by atoms with Gasteiger partial charge in [0.25, 0.3) is 0 Å². The van der Waals surface area contributed by atoms with Crippen LogP contribution < -0.4 is 10.6 Å². The molecule has 0 saturated heterocycles. The zero-order valence-corrected chi connectivity index (χ0v) is 20.6. The summed E-state index contributed by atoms with van der Waals surface area (Å²) in [6.07, 6.45) is -0.0880. The molecule has 0 heterocycles. The highest BCUT2D eigenvalue weighted by Gasteiger charge is 2.66. The lowest BCUT2D eigenvalue weighted by atomic mass is 9.53. The first-order valence-electron chi connectivity index (χ1n) is 11.7. The number of nitrogens with two attached hydrogens (primary N) is 1. The molecule has 1 amide bonds. The average Bonchev–Trinajstić information content (AvgIpc) is 2.77. The van der Waals surface area contributed by atoms with Crippen molar-refractivity contribution in [3.05, 3.63) is 22.8 Å². The molecule has 0 aliphatic heterocycles. The van der Waals surface area contributed by atoms with Gasteiger partial charge in [-0.1, -0.05) is 11.8 Å². The molecule has 0 aromatic heterocycles. The summed E-state index contributed by atoms with van der Waals surface area (Å²) in [4.78, 5) is 68.2. The first-order valence-corrected chi connectivity index (χ1v) is 11.7. The molecular weight excluding hydrogens is 466 g/mol. The van der Waals surface area contributed by atoms with Crippen molar-refractivity contribution in [3.63, 3.8) is 0 Å². The van der Waals surface area contributed by atoms with Gasteiger partial charge in [-0.2, -0.15) is 0 Å². The number of carbonyl (C=O) groups excluding carboxylic acids is 5. The lowest BCUT2D eigenvalue weighted by Gasteiger charge is -2.48. The fourth-order valence-electron chi connectivity index (χ4n) is 5.80. The second-order valence-corrected chi connectivity index (χ2v) is 10.3. The van der Waals surface area contributed by atoms with Crippen molar-refractivity contribution in [1.29, 1.82) is 0 Å². The van der Waals surface area contributed by atoms with Gasteiger partial charge < -0.3 is 20.8 Å². The molecule has 2 saturated carbocycles. The molecule has 0 radical (unpaired) electrons. The standard InChI is InChI=1S/C26H29N3O7/c1-28(2)7-5-6-12-10-16(29(3)4)15-9-13-8-14-11-17(30)20(25(27)35)24(34)26(14,36)23(33)18(13)22(32)19(15)21(12)31/h10,13-14,18,20,31,36H,7-9,11H2,1-4H3,(H2,27,35)/t13-,14+,18?,20?,26+/m1/s1. The Labute approximate surface area is 208 Å². The number of rotatable bonds is 3. The Kier molecular flexibility index (Phi) is 6.27. The number of aromatic hydroxyl groups is 1. The second-order valence-electron chi connectivity index (χ2n) is 10.3. The number of aliphatic hydroxyl groups is 1. The van der Waals surface area contributed by atoms with Crippen molar-refractivity contribution >= 4 is 34.7 Å². The number of carbonyl (C=O) groups is 5. The van der Waals surface area contributed by atoms with E-state index in [-0.39, 0.29) is 36.1 Å². The average molecular weight is 496 g/mol. The first kappa shape index (κ1) is 25.5. The largest absolute Gasteiger partial charge is 0.506 e. The molecule has 10 nitrogen and oxygen atoms in total. The highest BCUT2D eigenvalue weighted by Crippen LogP contribution is 2.51. The molecule has 2 unspecified atom stereocenters. The van der Waals surface area contributed by atoms with Crippen LogP contribution in [0.2, 0.25) is 0 Å². The number of phenols is 1. The Bertz CT molecular complexity index is 1270. The Hall–Kier alpha value is -3.55. The summed E-state index contributed by atoms with van der Waals surface area (Å²) in [6, 6.07) is 1.69. The van der Waals surface area contributed by atoms with Crippen LogP contribution in [0, 0.1) is 35.5 Å². The van der Waals surface area contributed by atoms with E-state index in [1.807, 2.05) is 19.0 Å². The van der Waals surface area contributed by atoms with Crippen LogP contribution in [0.5, 0.6) is 5.75 Å². The zero-order chi connectivity index (χ0) is 26.7. The maximum absolute atomic E-state index is 13.8. The van der Waals surface area contributed by atoms with E-state index < -0.39 is 58.3 Å². The molecule has 3 aliphatic rings. The molecule has 0 bridgehead atoms. The fraction of sp³-hybridized carbons (Fsp3) is 0.500. The van der Waals surface area contributed by atoms with Gasteiger partial charge in [0.2, 0.25) is 5.91 Å². The van der Waals surface area contributed by atoms with Crippen molar-refractivity contribution in [1.82, 2.24) is 4.90 Å². The number of hydrogen-bond acceptors (Lipinski definition) is 9. The monoisotopic (exact) mass is 495 g/mol. The number of fused-ring (bicyclic) bond motifs is 3. The Morgan fingerprint density at radius 2 is 1.81 bits per heavy atom. The van der Waals surface area contributed by atoms with E-state index in [0.717, 1.165) is 0 Å². The van der Waals surface area contributed by atoms with Gasteiger partial charge in [0.05, 0.1) is 23.6 Å². The maximum atomic E-state index is 13.8. The third kappa shape index (κ3) is 3.70. The summed E-state index contributed by atoms with van der Waals surface area (Å²) in [5.74, 6) is -4.51. The van der Waals surface area contributed by atoms with Gasteiger partial charge in [-0.3, -0.25) is 28.9 Å². The molecule has 4 N–H and O–H groups in total. The number of anilines is 1. The van der Waals surface area contributed by atoms with Gasteiger partial charge in [-0.25, -0.2) is 0 Å². The number of amides is 1. The van der Waals surface area contributed by atoms with Crippen LogP contribution in [-0.4, -0.2) is 84.5 Å². The minimum absolute atomic E-state index is 0.0546. The SMILES string of the molecule is CN(C)CC#Cc1cc(N(C)C)c2c(c1O)C(=O)C1C(=O)[C@]3(O)C(=O)C(C(N)=O)C(=O)C[C@@H]3C[C@@H]1C2. The van der Waals surface area contributed by atoms with Crippen molar-refractivity contribution in [3.8, 4) is 17.6 Å². The fourth-order valence-corrected chi connectivity index (χ4v) is 5.80. The summed E-state index contributed by atoms with van der Waals surface area (Å²) in [6.45, 7) is 0.418. The second kappa shape index (κ2) is 8.84. The van der Waals surface area contributed by atoms with Crippen molar-refractivity contribution in [2.45, 2.75) is 24.9 Å². The van der Waals surface area contributed by atoms with Gasteiger partial charge in [0.1, 0.15) is 5.75 Å². The highest BCUT2D eigenvalue weighted by atomic mass is 16.3. The van der Waals surface area contributed by atoms with Gasteiger partial charge in [-0.05, 0) is 44.5 Å². The van der Waals surface area contributed by atoms with Crippen LogP contribution in [0.1, 0.15) is 34.3 Å². The zero-order valence-electron chi connectivity index (χ0n) is 20.6. The Balaban J connectivity index is 1.83. The molecule has 0 spiro atoms. The maximum Gasteiger partial charge on any atom is 0.235 e. The number of Topliss-reactive ketones (excluding diaryl/α,β-unsaturated/α-hetero) is 4. The molecular formula is C26H29N3O7. The van der Waals surface area contributed by atoms with Crippen LogP contribution in [0.4, 0.5) is 5.69 Å². The summed E-state index contributed by atoms with van der Waals surface area (Å²) < 4.78 is 0. The molecule has 10 heteroatoms. The Morgan fingerprint density at radius 3 is 2.39 bits per heavy atom. The van der Waals surface area contributed by atoms with Gasteiger partial charge in [-0.15, -0.1) is 0 Å². The van der Waals surface area contributed by atoms with Gasteiger partial charge in [0.15, 0.2) is 34.7 Å². The lowest BCUT2D eigenvalue weighted by Crippen LogP contribution is -2.68. The van der Waals surface area contributed by atoms with Gasteiger partial charge >= 0.3 is 0 Å². The third-order valence-corrected chi connectivity index (χ3v) is 7.48. The summed E-state index contributed by atoms with van der Waals surface area (Å²) in [5, 5.41) is 22.3. The number of primary amides is 1. The quantitative estimate of drug-likeness (QED) is 0.364. The van der Waals surface area contributed by atoms with E-state index in [2.05, 4.69) is 11.8 Å². The van der Waals surface area contributed by atoms with Crippen LogP contribution >= 0.6 is 0 Å². The predicted octanol–water partition coefficient (Wildman–Crippen LogP) is -0.694. The van der Waals surface area contributed by atoms with Crippen molar-refractivity contribution in [2.24, 2.45) is 29.4 Å². The number of hydrogen-bond donors (Lipinski definition) is 3. The number of ketones is 4. The van der Waals surface area contributed by atoms with Crippen LogP contribution in [0.15, 0.2) is 6.07 Å². The summed E-state index contributed by atoms with van der Waals surface area (Å²) >= 11 is 0. The van der Waals surface area contributed by atoms with Crippen molar-refractivity contribution < 1.29 is 34.2 Å². The summed E-state index contributed by atoms with van der Waals surface area (Å²) in [5.41, 5.74) is 3.91. The smallest absolute Gasteiger partial charge is 0.235 e. The lowest BCUT2D eigenvalue weighted by molar-refractivity contribution is -0.175. The topological polar surface area (TPSA) is 158 Å². The Morgan fingerprint density at radius 1 is 1.14 bits per heavy atom. The molecule has 5 atom stereocenters. The number of benzene rings is 1. The molecule has 36 heavy (non-hydrogen) atoms. The molecule has 2 fully saturated rings.